The molecule has 1 amide bonds. The van der Waals surface area contributed by atoms with Gasteiger partial charge in [-0.3, -0.25) is 4.79 Å². The van der Waals surface area contributed by atoms with Crippen LogP contribution in [0.4, 0.5) is 0 Å². The van der Waals surface area contributed by atoms with Gasteiger partial charge in [0.1, 0.15) is 5.82 Å². The highest BCUT2D eigenvalue weighted by atomic mass is 16.1. The Morgan fingerprint density at radius 3 is 2.50 bits per heavy atom. The Kier molecular flexibility index (Phi) is 7.24. The van der Waals surface area contributed by atoms with Crippen LogP contribution in [0.2, 0.25) is 0 Å². The van der Waals surface area contributed by atoms with Crippen LogP contribution in [0.1, 0.15) is 61.5 Å². The Morgan fingerprint density at radius 1 is 1.12 bits per heavy atom. The number of hydrogen-bond donors (Lipinski definition) is 1. The molecule has 2 N–H and O–H groups in total. The van der Waals surface area contributed by atoms with Gasteiger partial charge < -0.3 is 20.1 Å². The third kappa shape index (κ3) is 4.57. The molecule has 6 heteroatoms. The van der Waals surface area contributed by atoms with Crippen LogP contribution in [-0.2, 0) is 19.5 Å². The minimum atomic E-state index is -0.398. The van der Waals surface area contributed by atoms with Gasteiger partial charge in [-0.25, -0.2) is 4.98 Å². The van der Waals surface area contributed by atoms with Gasteiger partial charge in [-0.15, -0.1) is 0 Å². The first-order valence-electron chi connectivity index (χ1n) is 9.44. The van der Waals surface area contributed by atoms with E-state index in [1.807, 2.05) is 13.8 Å². The van der Waals surface area contributed by atoms with Crippen LogP contribution in [0.5, 0.6) is 0 Å². The Balaban J connectivity index is 0.00000100. The number of carbonyl (C=O) groups is 1. The van der Waals surface area contributed by atoms with Crippen molar-refractivity contribution >= 4 is 5.91 Å². The fourth-order valence-electron chi connectivity index (χ4n) is 3.65. The number of carbonyl (C=O) groups excluding carboxylic acids is 1. The highest BCUT2D eigenvalue weighted by Gasteiger charge is 2.23. The van der Waals surface area contributed by atoms with Crippen LogP contribution in [0, 0.1) is 0 Å². The molecular weight excluding hydrogens is 302 g/mol. The largest absolute Gasteiger partial charge is 0.364 e. The van der Waals surface area contributed by atoms with Gasteiger partial charge >= 0.3 is 0 Å². The smallest absolute Gasteiger partial charge is 0.269 e. The van der Waals surface area contributed by atoms with Crippen molar-refractivity contribution < 1.29 is 4.79 Å². The monoisotopic (exact) mass is 335 g/mol. The maximum absolute atomic E-state index is 11.7. The van der Waals surface area contributed by atoms with Crippen molar-refractivity contribution in [3.05, 3.63) is 17.2 Å². The summed E-state index contributed by atoms with van der Waals surface area (Å²) >= 11 is 0. The van der Waals surface area contributed by atoms with Gasteiger partial charge in [0.25, 0.3) is 5.91 Å². The zero-order chi connectivity index (χ0) is 17.5. The van der Waals surface area contributed by atoms with Crippen molar-refractivity contribution in [2.24, 2.45) is 5.73 Å². The van der Waals surface area contributed by atoms with E-state index in [-0.39, 0.29) is 0 Å². The minimum absolute atomic E-state index is 0.398. The molecule has 3 rings (SSSR count). The molecule has 0 atom stereocenters. The van der Waals surface area contributed by atoms with E-state index in [0.717, 1.165) is 57.0 Å². The molecule has 1 aromatic rings. The number of fused-ring (bicyclic) bond motifs is 1. The Morgan fingerprint density at radius 2 is 1.83 bits per heavy atom. The van der Waals surface area contributed by atoms with Crippen molar-refractivity contribution in [2.75, 3.05) is 33.2 Å². The van der Waals surface area contributed by atoms with Crippen molar-refractivity contribution in [3.8, 4) is 0 Å². The molecule has 0 unspecified atom stereocenters. The van der Waals surface area contributed by atoms with E-state index in [1.54, 1.807) is 0 Å². The van der Waals surface area contributed by atoms with Crippen LogP contribution in [-0.4, -0.2) is 58.5 Å². The quantitative estimate of drug-likeness (QED) is 0.892. The third-order valence-electron chi connectivity index (χ3n) is 4.80. The number of rotatable bonds is 5. The number of amides is 1. The summed E-state index contributed by atoms with van der Waals surface area (Å²) < 4.78 is 2.24. The highest BCUT2D eigenvalue weighted by molar-refractivity contribution is 5.92. The molecule has 0 spiro atoms. The number of imidazole rings is 1. The molecule has 24 heavy (non-hydrogen) atoms. The molecule has 3 heterocycles. The standard InChI is InChI=1S/C16H27N5O.C2H6/c1-19-7-5-11-21-13(12-19)15(16(17)22)18-14(21)6-4-10-20-8-2-3-9-20;1-2/h2-12H2,1H3,(H2,17,22);1-2H3. The second-order valence-corrected chi connectivity index (χ2v) is 6.58. The number of aryl methyl sites for hydroxylation is 1. The molecule has 1 fully saturated rings. The Labute approximate surface area is 146 Å². The maximum Gasteiger partial charge on any atom is 0.269 e. The van der Waals surface area contributed by atoms with Crippen LogP contribution < -0.4 is 5.73 Å². The number of likely N-dealkylation sites (tertiary alicyclic amines) is 1. The van der Waals surface area contributed by atoms with Gasteiger partial charge in [0, 0.05) is 19.5 Å². The summed E-state index contributed by atoms with van der Waals surface area (Å²) in [6.45, 7) is 10.4. The summed E-state index contributed by atoms with van der Waals surface area (Å²) in [5.74, 6) is 0.642. The number of primary amides is 1. The Hall–Kier alpha value is -1.40. The predicted molar refractivity (Wildman–Crippen MR) is 97.0 cm³/mol. The molecule has 0 radical (unpaired) electrons. The fourth-order valence-corrected chi connectivity index (χ4v) is 3.65. The number of aromatic nitrogens is 2. The molecule has 2 aliphatic heterocycles. The summed E-state index contributed by atoms with van der Waals surface area (Å²) in [4.78, 5) is 21.0. The van der Waals surface area contributed by atoms with Crippen molar-refractivity contribution in [2.45, 2.75) is 59.0 Å². The number of nitrogens with zero attached hydrogens (tertiary/aromatic N) is 4. The summed E-state index contributed by atoms with van der Waals surface area (Å²) in [7, 11) is 2.08. The normalized spacial score (nSPS) is 18.6. The average molecular weight is 335 g/mol. The molecule has 0 bridgehead atoms. The fraction of sp³-hybridized carbons (Fsp3) is 0.778. The lowest BCUT2D eigenvalue weighted by Crippen LogP contribution is -2.21. The van der Waals surface area contributed by atoms with E-state index < -0.39 is 5.91 Å². The van der Waals surface area contributed by atoms with Gasteiger partial charge in [0.15, 0.2) is 5.69 Å². The summed E-state index contributed by atoms with van der Waals surface area (Å²) in [6, 6.07) is 0. The van der Waals surface area contributed by atoms with Crippen molar-refractivity contribution in [1.82, 2.24) is 19.4 Å². The van der Waals surface area contributed by atoms with Gasteiger partial charge in [0.05, 0.1) is 5.69 Å². The van der Waals surface area contributed by atoms with E-state index in [4.69, 9.17) is 5.73 Å². The molecule has 0 aromatic carbocycles. The van der Waals surface area contributed by atoms with E-state index in [2.05, 4.69) is 26.4 Å². The van der Waals surface area contributed by atoms with Gasteiger partial charge in [-0.2, -0.15) is 0 Å². The summed E-state index contributed by atoms with van der Waals surface area (Å²) in [6.07, 6.45) is 5.79. The van der Waals surface area contributed by atoms with Crippen LogP contribution in [0.15, 0.2) is 0 Å². The molecular formula is C18H33N5O. The maximum atomic E-state index is 11.7. The van der Waals surface area contributed by atoms with Crippen molar-refractivity contribution in [1.29, 1.82) is 0 Å². The van der Waals surface area contributed by atoms with E-state index in [1.165, 1.54) is 25.9 Å². The average Bonchev–Trinajstić information content (AvgIpc) is 3.15. The highest BCUT2D eigenvalue weighted by Crippen LogP contribution is 2.19. The lowest BCUT2D eigenvalue weighted by atomic mass is 10.2. The lowest BCUT2D eigenvalue weighted by molar-refractivity contribution is 0.0994. The lowest BCUT2D eigenvalue weighted by Gasteiger charge is -2.14. The molecule has 136 valence electrons. The molecule has 0 saturated carbocycles. The third-order valence-corrected chi connectivity index (χ3v) is 4.80. The van der Waals surface area contributed by atoms with E-state index in [9.17, 15) is 4.79 Å². The molecule has 2 aliphatic rings. The van der Waals surface area contributed by atoms with Gasteiger partial charge in [-0.1, -0.05) is 13.8 Å². The Bertz CT molecular complexity index is 534. The van der Waals surface area contributed by atoms with Crippen molar-refractivity contribution in [3.63, 3.8) is 0 Å². The van der Waals surface area contributed by atoms with E-state index >= 15 is 0 Å². The number of nitrogens with two attached hydrogens (primary N) is 1. The van der Waals surface area contributed by atoms with E-state index in [0.29, 0.717) is 5.69 Å². The van der Waals surface area contributed by atoms with Gasteiger partial charge in [-0.05, 0) is 58.9 Å². The molecule has 1 aromatic heterocycles. The summed E-state index contributed by atoms with van der Waals surface area (Å²) in [5, 5.41) is 0. The topological polar surface area (TPSA) is 67.4 Å². The van der Waals surface area contributed by atoms with Gasteiger partial charge in [0.2, 0.25) is 0 Å². The zero-order valence-corrected chi connectivity index (χ0v) is 15.6. The minimum Gasteiger partial charge on any atom is -0.364 e. The van der Waals surface area contributed by atoms with Crippen LogP contribution >= 0.6 is 0 Å². The SMILES string of the molecule is CC.CN1CCCn2c(CCCN3CCCC3)nc(C(N)=O)c2C1. The molecule has 0 aliphatic carbocycles. The first-order chi connectivity index (χ1) is 11.6. The molecule has 1 saturated heterocycles. The van der Waals surface area contributed by atoms with Crippen LogP contribution in [0.3, 0.4) is 0 Å². The second-order valence-electron chi connectivity index (χ2n) is 6.58. The first-order valence-corrected chi connectivity index (χ1v) is 9.44. The predicted octanol–water partition coefficient (Wildman–Crippen LogP) is 1.87. The first kappa shape index (κ1) is 18.9. The molecule has 6 nitrogen and oxygen atoms in total. The summed E-state index contributed by atoms with van der Waals surface area (Å²) in [5.41, 5.74) is 7.01. The second kappa shape index (κ2) is 9.18. The zero-order valence-electron chi connectivity index (χ0n) is 15.6. The number of hydrogen-bond acceptors (Lipinski definition) is 4. The van der Waals surface area contributed by atoms with Crippen LogP contribution in [0.25, 0.3) is 0 Å².